The number of β-amino-alcohol motifs (C(OH)–C–C–N with tert-alkyl or cyclic N) is 1. The molecule has 0 saturated carbocycles. The fourth-order valence-electron chi connectivity index (χ4n) is 2.27. The Morgan fingerprint density at radius 3 is 2.50 bits per heavy atom. The molecule has 1 amide bonds. The Morgan fingerprint density at radius 1 is 1.32 bits per heavy atom. The summed E-state index contributed by atoms with van der Waals surface area (Å²) < 4.78 is 25.8. The van der Waals surface area contributed by atoms with Crippen LogP contribution in [-0.4, -0.2) is 43.9 Å². The maximum Gasteiger partial charge on any atom is 0.241 e. The van der Waals surface area contributed by atoms with E-state index in [2.05, 4.69) is 15.4 Å². The van der Waals surface area contributed by atoms with Crippen molar-refractivity contribution in [2.45, 2.75) is 31.9 Å². The maximum atomic E-state index is 12.0. The van der Waals surface area contributed by atoms with Gasteiger partial charge in [0.15, 0.2) is 0 Å². The molecule has 1 aliphatic rings. The number of hydrogen-bond acceptors (Lipinski definition) is 5. The van der Waals surface area contributed by atoms with Gasteiger partial charge in [-0.05, 0) is 37.1 Å². The Morgan fingerprint density at radius 2 is 1.95 bits per heavy atom. The summed E-state index contributed by atoms with van der Waals surface area (Å²) in [6.45, 7) is 2.21. The first-order valence-corrected chi connectivity index (χ1v) is 8.87. The normalized spacial score (nSPS) is 21.5. The van der Waals surface area contributed by atoms with E-state index in [1.807, 2.05) is 0 Å². The van der Waals surface area contributed by atoms with Crippen molar-refractivity contribution in [2.24, 2.45) is 0 Å². The molecule has 1 saturated heterocycles. The number of anilines is 2. The fourth-order valence-corrected chi connectivity index (χ4v) is 3.40. The van der Waals surface area contributed by atoms with Crippen molar-refractivity contribution in [2.75, 3.05) is 22.3 Å². The predicted molar refractivity (Wildman–Crippen MR) is 85.2 cm³/mol. The van der Waals surface area contributed by atoms with Gasteiger partial charge in [0.25, 0.3) is 0 Å². The molecule has 0 aliphatic carbocycles. The molecule has 0 spiro atoms. The van der Waals surface area contributed by atoms with E-state index in [0.717, 1.165) is 0 Å². The Labute approximate surface area is 130 Å². The summed E-state index contributed by atoms with van der Waals surface area (Å²) in [5.41, 5.74) is 1.03. The van der Waals surface area contributed by atoms with Gasteiger partial charge < -0.3 is 15.7 Å². The second kappa shape index (κ2) is 7.08. The quantitative estimate of drug-likeness (QED) is 0.608. The van der Waals surface area contributed by atoms with Crippen molar-refractivity contribution in [1.29, 1.82) is 0 Å². The highest BCUT2D eigenvalue weighted by atomic mass is 32.2. The van der Waals surface area contributed by atoms with E-state index >= 15 is 0 Å². The molecule has 7 nitrogen and oxygen atoms in total. The largest absolute Gasteiger partial charge is 0.392 e. The molecule has 0 bridgehead atoms. The third-order valence-corrected chi connectivity index (χ3v) is 4.82. The first kappa shape index (κ1) is 16.7. The molecule has 2 unspecified atom stereocenters. The maximum absolute atomic E-state index is 12.0. The lowest BCUT2D eigenvalue weighted by molar-refractivity contribution is -0.117. The molecule has 1 fully saturated rings. The molecule has 8 heteroatoms. The van der Waals surface area contributed by atoms with Gasteiger partial charge in [-0.2, -0.15) is 0 Å². The van der Waals surface area contributed by atoms with E-state index in [1.54, 1.807) is 31.2 Å². The number of sulfonamides is 1. The average Bonchev–Trinajstić information content (AvgIpc) is 2.87. The van der Waals surface area contributed by atoms with Crippen LogP contribution in [0.1, 0.15) is 19.8 Å². The summed E-state index contributed by atoms with van der Waals surface area (Å²) in [6.07, 6.45) is 0.441. The third kappa shape index (κ3) is 4.69. The topological polar surface area (TPSA) is 108 Å². The summed E-state index contributed by atoms with van der Waals surface area (Å²) in [6, 6.07) is 6.05. The predicted octanol–water partition coefficient (Wildman–Crippen LogP) is 0.500. The molecule has 122 valence electrons. The van der Waals surface area contributed by atoms with E-state index < -0.39 is 22.2 Å². The monoisotopic (exact) mass is 327 g/mol. The van der Waals surface area contributed by atoms with Gasteiger partial charge >= 0.3 is 0 Å². The minimum atomic E-state index is -3.31. The van der Waals surface area contributed by atoms with Crippen LogP contribution in [0.4, 0.5) is 11.4 Å². The van der Waals surface area contributed by atoms with E-state index in [0.29, 0.717) is 30.8 Å². The molecular formula is C14H21N3O4S. The number of nitrogens with one attached hydrogen (secondary N) is 3. The first-order valence-electron chi connectivity index (χ1n) is 7.22. The Balaban J connectivity index is 1.93. The molecule has 4 N–H and O–H groups in total. The molecule has 1 aromatic carbocycles. The number of amides is 1. The van der Waals surface area contributed by atoms with Crippen LogP contribution in [0.5, 0.6) is 0 Å². The van der Waals surface area contributed by atoms with Crippen LogP contribution in [0.25, 0.3) is 0 Å². The molecule has 1 aliphatic heterocycles. The number of hydrogen-bond donors (Lipinski definition) is 4. The van der Waals surface area contributed by atoms with Crippen LogP contribution < -0.4 is 15.4 Å². The Bertz CT molecular complexity index is 615. The average molecular weight is 327 g/mol. The van der Waals surface area contributed by atoms with Crippen molar-refractivity contribution in [1.82, 2.24) is 5.32 Å². The lowest BCUT2D eigenvalue weighted by Crippen LogP contribution is -2.35. The van der Waals surface area contributed by atoms with E-state index in [1.165, 1.54) is 0 Å². The van der Waals surface area contributed by atoms with Crippen LogP contribution in [0.3, 0.4) is 0 Å². The molecule has 0 radical (unpaired) electrons. The van der Waals surface area contributed by atoms with Crippen molar-refractivity contribution in [3.8, 4) is 0 Å². The van der Waals surface area contributed by atoms with Crippen molar-refractivity contribution < 1.29 is 18.3 Å². The van der Waals surface area contributed by atoms with Gasteiger partial charge in [-0.15, -0.1) is 0 Å². The third-order valence-electron chi connectivity index (χ3n) is 3.32. The fraction of sp³-hybridized carbons (Fsp3) is 0.500. The van der Waals surface area contributed by atoms with E-state index in [4.69, 9.17) is 0 Å². The highest BCUT2D eigenvalue weighted by Gasteiger charge is 2.27. The number of benzene rings is 1. The number of aliphatic hydroxyl groups is 1. The zero-order chi connectivity index (χ0) is 16.2. The van der Waals surface area contributed by atoms with Crippen molar-refractivity contribution in [3.63, 3.8) is 0 Å². The highest BCUT2D eigenvalue weighted by Crippen LogP contribution is 2.16. The van der Waals surface area contributed by atoms with Gasteiger partial charge in [0, 0.05) is 17.9 Å². The zero-order valence-corrected chi connectivity index (χ0v) is 13.2. The minimum absolute atomic E-state index is 0.0706. The van der Waals surface area contributed by atoms with Crippen LogP contribution in [0.2, 0.25) is 0 Å². The van der Waals surface area contributed by atoms with Gasteiger partial charge in [0.1, 0.15) is 0 Å². The Hall–Kier alpha value is -1.64. The van der Waals surface area contributed by atoms with Gasteiger partial charge in [-0.1, -0.05) is 6.92 Å². The number of carbonyl (C=O) groups excluding carboxylic acids is 1. The first-order chi connectivity index (χ1) is 10.4. The molecule has 1 heterocycles. The zero-order valence-electron chi connectivity index (χ0n) is 12.4. The number of aliphatic hydroxyl groups excluding tert-OH is 1. The Kier molecular flexibility index (Phi) is 5.38. The molecule has 22 heavy (non-hydrogen) atoms. The molecular weight excluding hydrogens is 306 g/mol. The SMILES string of the molecule is CCCS(=O)(=O)Nc1ccc(NC(=O)C2CC(O)CN2)cc1. The van der Waals surface area contributed by atoms with Crippen molar-refractivity contribution >= 4 is 27.3 Å². The van der Waals surface area contributed by atoms with Gasteiger partial charge in [0.2, 0.25) is 15.9 Å². The molecule has 1 aromatic rings. The van der Waals surface area contributed by atoms with Crippen molar-refractivity contribution in [3.05, 3.63) is 24.3 Å². The van der Waals surface area contributed by atoms with Crippen LogP contribution in [-0.2, 0) is 14.8 Å². The smallest absolute Gasteiger partial charge is 0.241 e. The van der Waals surface area contributed by atoms with Crippen LogP contribution >= 0.6 is 0 Å². The highest BCUT2D eigenvalue weighted by molar-refractivity contribution is 7.92. The van der Waals surface area contributed by atoms with Crippen LogP contribution in [0.15, 0.2) is 24.3 Å². The second-order valence-electron chi connectivity index (χ2n) is 5.34. The molecule has 2 atom stereocenters. The van der Waals surface area contributed by atoms with E-state index in [9.17, 15) is 18.3 Å². The van der Waals surface area contributed by atoms with Gasteiger partial charge in [0.05, 0.1) is 17.9 Å². The summed E-state index contributed by atoms with van der Waals surface area (Å²) in [5, 5.41) is 15.1. The summed E-state index contributed by atoms with van der Waals surface area (Å²) in [4.78, 5) is 12.0. The van der Waals surface area contributed by atoms with Crippen LogP contribution in [0, 0.1) is 0 Å². The van der Waals surface area contributed by atoms with Gasteiger partial charge in [-0.25, -0.2) is 8.42 Å². The standard InChI is InChI=1S/C14H21N3O4S/c1-2-7-22(20,21)17-11-5-3-10(4-6-11)16-14(19)13-8-12(18)9-15-13/h3-6,12-13,15,17-18H,2,7-9H2,1H3,(H,16,19). The molecule has 0 aromatic heterocycles. The van der Waals surface area contributed by atoms with Gasteiger partial charge in [-0.3, -0.25) is 9.52 Å². The summed E-state index contributed by atoms with van der Waals surface area (Å²) >= 11 is 0. The van der Waals surface area contributed by atoms with E-state index in [-0.39, 0.29) is 11.7 Å². The lowest BCUT2D eigenvalue weighted by atomic mass is 10.2. The number of rotatable bonds is 6. The summed E-state index contributed by atoms with van der Waals surface area (Å²) in [7, 11) is -3.31. The number of carbonyl (C=O) groups is 1. The summed E-state index contributed by atoms with van der Waals surface area (Å²) in [5.74, 6) is -0.142. The molecule has 2 rings (SSSR count). The second-order valence-corrected chi connectivity index (χ2v) is 7.18. The minimum Gasteiger partial charge on any atom is -0.392 e. The lowest BCUT2D eigenvalue weighted by Gasteiger charge is -2.12.